The van der Waals surface area contributed by atoms with Gasteiger partial charge in [0.05, 0.1) is 11.7 Å². The Kier molecular flexibility index (Phi) is 5.21. The van der Waals surface area contributed by atoms with E-state index < -0.39 is 22.0 Å². The van der Waals surface area contributed by atoms with Gasteiger partial charge in [-0.1, -0.05) is 12.1 Å². The molecule has 0 aliphatic heterocycles. The fourth-order valence-electron chi connectivity index (χ4n) is 2.37. The molecule has 3 rings (SSSR count). The second-order valence-electron chi connectivity index (χ2n) is 5.70. The molecule has 7 nitrogen and oxygen atoms in total. The summed E-state index contributed by atoms with van der Waals surface area (Å²) < 4.78 is 28.7. The normalized spacial score (nSPS) is 12.7. The fourth-order valence-corrected chi connectivity index (χ4v) is 4.58. The van der Waals surface area contributed by atoms with Gasteiger partial charge in [-0.2, -0.15) is 9.82 Å². The number of hydrogen-bond acceptors (Lipinski definition) is 5. The summed E-state index contributed by atoms with van der Waals surface area (Å²) in [7, 11) is -3.71. The van der Waals surface area contributed by atoms with Gasteiger partial charge in [-0.05, 0) is 49.6 Å². The van der Waals surface area contributed by atoms with E-state index in [0.29, 0.717) is 5.69 Å². The lowest BCUT2D eigenvalue weighted by Crippen LogP contribution is -2.41. The standard InChI is InChI=1S/C17H18N4O3S2/c1-12-8-9-18-21(12)15-6-3-5-14(11-15)19-17(22)13(2)20-26(23,24)16-7-4-10-25-16/h3-11,13,20H,1-2H3,(H,19,22). The van der Waals surface area contributed by atoms with Crippen molar-refractivity contribution < 1.29 is 13.2 Å². The Morgan fingerprint density at radius 1 is 1.23 bits per heavy atom. The predicted molar refractivity (Wildman–Crippen MR) is 101 cm³/mol. The molecule has 0 radical (unpaired) electrons. The number of anilines is 1. The van der Waals surface area contributed by atoms with Crippen molar-refractivity contribution in [2.75, 3.05) is 5.32 Å². The molecule has 0 spiro atoms. The zero-order chi connectivity index (χ0) is 18.7. The molecule has 2 aromatic heterocycles. The first kappa shape index (κ1) is 18.3. The van der Waals surface area contributed by atoms with Gasteiger partial charge < -0.3 is 5.32 Å². The summed E-state index contributed by atoms with van der Waals surface area (Å²) in [5.41, 5.74) is 2.33. The van der Waals surface area contributed by atoms with Gasteiger partial charge in [0.15, 0.2) is 0 Å². The maximum atomic E-state index is 12.4. The maximum absolute atomic E-state index is 12.4. The zero-order valence-corrected chi connectivity index (χ0v) is 15.8. The number of nitrogens with zero attached hydrogens (tertiary/aromatic N) is 2. The van der Waals surface area contributed by atoms with E-state index in [-0.39, 0.29) is 4.21 Å². The molecule has 1 atom stereocenters. The molecule has 0 aliphatic carbocycles. The molecule has 0 saturated carbocycles. The number of carbonyl (C=O) groups is 1. The van der Waals surface area contributed by atoms with E-state index in [9.17, 15) is 13.2 Å². The molecule has 1 amide bonds. The van der Waals surface area contributed by atoms with Crippen molar-refractivity contribution >= 4 is 33.0 Å². The summed E-state index contributed by atoms with van der Waals surface area (Å²) in [5.74, 6) is -0.445. The Morgan fingerprint density at radius 3 is 2.69 bits per heavy atom. The van der Waals surface area contributed by atoms with E-state index in [4.69, 9.17) is 0 Å². The number of thiophene rings is 1. The van der Waals surface area contributed by atoms with Crippen molar-refractivity contribution in [3.05, 3.63) is 59.7 Å². The molecule has 1 unspecified atom stereocenters. The van der Waals surface area contributed by atoms with Crippen molar-refractivity contribution in [1.29, 1.82) is 0 Å². The summed E-state index contributed by atoms with van der Waals surface area (Å²) in [5, 5.41) is 8.63. The van der Waals surface area contributed by atoms with E-state index in [1.807, 2.05) is 19.1 Å². The number of hydrogen-bond donors (Lipinski definition) is 2. The molecule has 3 aromatic rings. The number of nitrogens with one attached hydrogen (secondary N) is 2. The highest BCUT2D eigenvalue weighted by atomic mass is 32.2. The summed E-state index contributed by atoms with van der Waals surface area (Å²) in [6.07, 6.45) is 1.70. The summed E-state index contributed by atoms with van der Waals surface area (Å²) in [6.45, 7) is 3.43. The molecule has 2 N–H and O–H groups in total. The van der Waals surface area contributed by atoms with Gasteiger partial charge in [-0.15, -0.1) is 11.3 Å². The van der Waals surface area contributed by atoms with Crippen LogP contribution in [0.2, 0.25) is 0 Å². The molecular formula is C17H18N4O3S2. The monoisotopic (exact) mass is 390 g/mol. The third kappa shape index (κ3) is 4.01. The Bertz CT molecular complexity index is 1010. The minimum absolute atomic E-state index is 0.174. The number of carbonyl (C=O) groups excluding carboxylic acids is 1. The largest absolute Gasteiger partial charge is 0.325 e. The van der Waals surface area contributed by atoms with E-state index >= 15 is 0 Å². The van der Waals surface area contributed by atoms with Crippen LogP contribution in [-0.2, 0) is 14.8 Å². The fraction of sp³-hybridized carbons (Fsp3) is 0.176. The molecular weight excluding hydrogens is 372 g/mol. The molecule has 0 fully saturated rings. The van der Waals surface area contributed by atoms with Crippen molar-refractivity contribution in [2.24, 2.45) is 0 Å². The van der Waals surface area contributed by atoms with Gasteiger partial charge in [0.25, 0.3) is 10.0 Å². The van der Waals surface area contributed by atoms with E-state index in [1.165, 1.54) is 13.0 Å². The van der Waals surface area contributed by atoms with Crippen LogP contribution in [-0.4, -0.2) is 30.1 Å². The topological polar surface area (TPSA) is 93.1 Å². The van der Waals surface area contributed by atoms with Gasteiger partial charge in [0.2, 0.25) is 5.91 Å². The summed E-state index contributed by atoms with van der Waals surface area (Å²) in [4.78, 5) is 12.4. The second kappa shape index (κ2) is 7.40. The molecule has 2 heterocycles. The Balaban J connectivity index is 1.71. The average molecular weight is 390 g/mol. The van der Waals surface area contributed by atoms with Crippen LogP contribution in [0.15, 0.2) is 58.3 Å². The molecule has 9 heteroatoms. The van der Waals surface area contributed by atoms with Gasteiger partial charge in [-0.3, -0.25) is 4.79 Å². The number of aromatic nitrogens is 2. The molecule has 0 aliphatic rings. The summed E-state index contributed by atoms with van der Waals surface area (Å²) >= 11 is 1.10. The van der Waals surface area contributed by atoms with Crippen LogP contribution in [0, 0.1) is 6.92 Å². The second-order valence-corrected chi connectivity index (χ2v) is 8.59. The van der Waals surface area contributed by atoms with Gasteiger partial charge >= 0.3 is 0 Å². The third-order valence-corrected chi connectivity index (χ3v) is 6.61. The Morgan fingerprint density at radius 2 is 2.04 bits per heavy atom. The highest BCUT2D eigenvalue weighted by molar-refractivity contribution is 7.91. The predicted octanol–water partition coefficient (Wildman–Crippen LogP) is 2.55. The number of amides is 1. The molecule has 1 aromatic carbocycles. The van der Waals surface area contributed by atoms with Crippen molar-refractivity contribution in [3.63, 3.8) is 0 Å². The van der Waals surface area contributed by atoms with Gasteiger partial charge in [-0.25, -0.2) is 13.1 Å². The van der Waals surface area contributed by atoms with E-state index in [2.05, 4.69) is 15.1 Å². The number of rotatable bonds is 6. The Labute approximate surface area is 155 Å². The zero-order valence-electron chi connectivity index (χ0n) is 14.2. The smallest absolute Gasteiger partial charge is 0.250 e. The number of benzene rings is 1. The SMILES string of the molecule is Cc1ccnn1-c1cccc(NC(=O)C(C)NS(=O)(=O)c2cccs2)c1. The van der Waals surface area contributed by atoms with Crippen LogP contribution in [0.1, 0.15) is 12.6 Å². The Hall–Kier alpha value is -2.49. The van der Waals surface area contributed by atoms with Crippen LogP contribution in [0.25, 0.3) is 5.69 Å². The van der Waals surface area contributed by atoms with E-state index in [1.54, 1.807) is 40.5 Å². The maximum Gasteiger partial charge on any atom is 0.250 e. The highest BCUT2D eigenvalue weighted by Gasteiger charge is 2.22. The van der Waals surface area contributed by atoms with Crippen LogP contribution >= 0.6 is 11.3 Å². The lowest BCUT2D eigenvalue weighted by molar-refractivity contribution is -0.117. The van der Waals surface area contributed by atoms with Crippen LogP contribution < -0.4 is 10.0 Å². The van der Waals surface area contributed by atoms with E-state index in [0.717, 1.165) is 22.7 Å². The highest BCUT2D eigenvalue weighted by Crippen LogP contribution is 2.18. The van der Waals surface area contributed by atoms with Crippen LogP contribution in [0.5, 0.6) is 0 Å². The quantitative estimate of drug-likeness (QED) is 0.676. The van der Waals surface area contributed by atoms with Crippen LogP contribution in [0.3, 0.4) is 0 Å². The number of aryl methyl sites for hydroxylation is 1. The van der Waals surface area contributed by atoms with Gasteiger partial charge in [0, 0.05) is 17.6 Å². The molecule has 26 heavy (non-hydrogen) atoms. The minimum atomic E-state index is -3.71. The first-order valence-corrected chi connectivity index (χ1v) is 10.2. The summed E-state index contributed by atoms with van der Waals surface area (Å²) in [6, 6.07) is 11.3. The third-order valence-electron chi connectivity index (χ3n) is 3.68. The van der Waals surface area contributed by atoms with Crippen molar-refractivity contribution in [2.45, 2.75) is 24.1 Å². The molecule has 0 saturated heterocycles. The van der Waals surface area contributed by atoms with Crippen LogP contribution in [0.4, 0.5) is 5.69 Å². The van der Waals surface area contributed by atoms with Crippen molar-refractivity contribution in [3.8, 4) is 5.69 Å². The first-order chi connectivity index (χ1) is 12.4. The van der Waals surface area contributed by atoms with Crippen molar-refractivity contribution in [1.82, 2.24) is 14.5 Å². The number of sulfonamides is 1. The average Bonchev–Trinajstić information content (AvgIpc) is 3.26. The lowest BCUT2D eigenvalue weighted by Gasteiger charge is -2.14. The van der Waals surface area contributed by atoms with Gasteiger partial charge in [0.1, 0.15) is 4.21 Å². The lowest BCUT2D eigenvalue weighted by atomic mass is 10.2. The molecule has 136 valence electrons. The minimum Gasteiger partial charge on any atom is -0.325 e. The first-order valence-electron chi connectivity index (χ1n) is 7.84. The molecule has 0 bridgehead atoms.